The van der Waals surface area contributed by atoms with Crippen molar-refractivity contribution in [2.45, 2.75) is 25.7 Å². The van der Waals surface area contributed by atoms with Gasteiger partial charge in [-0.2, -0.15) is 0 Å². The Morgan fingerprint density at radius 1 is 1.37 bits per heavy atom. The highest BCUT2D eigenvalue weighted by Crippen LogP contribution is 2.30. The van der Waals surface area contributed by atoms with Crippen LogP contribution in [0.25, 0.3) is 0 Å². The molecular formula is C15H20FNO2. The zero-order valence-corrected chi connectivity index (χ0v) is 11.2. The zero-order valence-electron chi connectivity index (χ0n) is 11.2. The maximum absolute atomic E-state index is 13.2. The van der Waals surface area contributed by atoms with Gasteiger partial charge in [0.15, 0.2) is 0 Å². The SMILES string of the molecule is CN(C(=O)C1CCC(CO)CC1)c1cccc(F)c1. The molecule has 0 atom stereocenters. The van der Waals surface area contributed by atoms with Gasteiger partial charge in [0.2, 0.25) is 5.91 Å². The fraction of sp³-hybridized carbons (Fsp3) is 0.533. The number of aliphatic hydroxyl groups is 1. The molecule has 3 nitrogen and oxygen atoms in total. The van der Waals surface area contributed by atoms with Gasteiger partial charge in [0.05, 0.1) is 0 Å². The molecule has 0 aliphatic heterocycles. The van der Waals surface area contributed by atoms with Crippen LogP contribution in [0.3, 0.4) is 0 Å². The van der Waals surface area contributed by atoms with Crippen LogP contribution in [0.15, 0.2) is 24.3 Å². The molecule has 1 saturated carbocycles. The highest BCUT2D eigenvalue weighted by Gasteiger charge is 2.28. The molecule has 104 valence electrons. The minimum absolute atomic E-state index is 0.00364. The molecular weight excluding hydrogens is 245 g/mol. The maximum Gasteiger partial charge on any atom is 0.229 e. The minimum atomic E-state index is -0.332. The summed E-state index contributed by atoms with van der Waals surface area (Å²) in [6, 6.07) is 6.09. The van der Waals surface area contributed by atoms with E-state index in [9.17, 15) is 9.18 Å². The van der Waals surface area contributed by atoms with Gasteiger partial charge in [-0.15, -0.1) is 0 Å². The van der Waals surface area contributed by atoms with Gasteiger partial charge in [0, 0.05) is 25.3 Å². The number of amides is 1. The van der Waals surface area contributed by atoms with E-state index >= 15 is 0 Å². The minimum Gasteiger partial charge on any atom is -0.396 e. The largest absolute Gasteiger partial charge is 0.396 e. The molecule has 0 unspecified atom stereocenters. The number of anilines is 1. The van der Waals surface area contributed by atoms with Gasteiger partial charge >= 0.3 is 0 Å². The predicted molar refractivity (Wildman–Crippen MR) is 72.3 cm³/mol. The highest BCUT2D eigenvalue weighted by molar-refractivity contribution is 5.94. The second-order valence-electron chi connectivity index (χ2n) is 5.28. The third-order valence-corrected chi connectivity index (χ3v) is 3.98. The number of benzene rings is 1. The summed E-state index contributed by atoms with van der Waals surface area (Å²) in [5.74, 6) is 0.0442. The van der Waals surface area contributed by atoms with Crippen LogP contribution in [-0.4, -0.2) is 24.7 Å². The molecule has 1 aromatic carbocycles. The van der Waals surface area contributed by atoms with E-state index in [1.54, 1.807) is 19.2 Å². The molecule has 0 spiro atoms. The number of rotatable bonds is 3. The molecule has 0 heterocycles. The molecule has 1 fully saturated rings. The van der Waals surface area contributed by atoms with Gasteiger partial charge in [-0.3, -0.25) is 4.79 Å². The van der Waals surface area contributed by atoms with Crippen molar-refractivity contribution in [2.75, 3.05) is 18.6 Å². The summed E-state index contributed by atoms with van der Waals surface area (Å²) in [6.07, 6.45) is 3.40. The van der Waals surface area contributed by atoms with Crippen LogP contribution in [0.4, 0.5) is 10.1 Å². The summed E-state index contributed by atoms with van der Waals surface area (Å²) < 4.78 is 13.2. The molecule has 1 aliphatic carbocycles. The molecule has 0 radical (unpaired) electrons. The monoisotopic (exact) mass is 265 g/mol. The Labute approximate surface area is 113 Å². The smallest absolute Gasteiger partial charge is 0.229 e. The first-order valence-electron chi connectivity index (χ1n) is 6.76. The third kappa shape index (κ3) is 3.32. The Balaban J connectivity index is 2.00. The van der Waals surface area contributed by atoms with Crippen molar-refractivity contribution in [1.82, 2.24) is 0 Å². The van der Waals surface area contributed by atoms with Crippen LogP contribution in [-0.2, 0) is 4.79 Å². The van der Waals surface area contributed by atoms with E-state index in [1.165, 1.54) is 17.0 Å². The Hall–Kier alpha value is -1.42. The molecule has 1 aliphatic rings. The summed E-state index contributed by atoms with van der Waals surface area (Å²) in [6.45, 7) is 0.209. The van der Waals surface area contributed by atoms with E-state index in [-0.39, 0.29) is 24.2 Å². The van der Waals surface area contributed by atoms with Crippen molar-refractivity contribution in [3.05, 3.63) is 30.1 Å². The average Bonchev–Trinajstić information content (AvgIpc) is 2.46. The lowest BCUT2D eigenvalue weighted by Crippen LogP contribution is -2.35. The zero-order chi connectivity index (χ0) is 13.8. The predicted octanol–water partition coefficient (Wildman–Crippen LogP) is 2.59. The Bertz CT molecular complexity index is 442. The van der Waals surface area contributed by atoms with Crippen molar-refractivity contribution in [1.29, 1.82) is 0 Å². The number of hydrogen-bond acceptors (Lipinski definition) is 2. The summed E-state index contributed by atoms with van der Waals surface area (Å²) in [7, 11) is 1.69. The fourth-order valence-corrected chi connectivity index (χ4v) is 2.68. The topological polar surface area (TPSA) is 40.5 Å². The number of carbonyl (C=O) groups is 1. The summed E-state index contributed by atoms with van der Waals surface area (Å²) in [5.41, 5.74) is 0.592. The van der Waals surface area contributed by atoms with Crippen LogP contribution in [0.2, 0.25) is 0 Å². The van der Waals surface area contributed by atoms with Crippen molar-refractivity contribution >= 4 is 11.6 Å². The van der Waals surface area contributed by atoms with Crippen molar-refractivity contribution in [3.63, 3.8) is 0 Å². The molecule has 2 rings (SSSR count). The van der Waals surface area contributed by atoms with Gasteiger partial charge in [-0.1, -0.05) is 6.07 Å². The molecule has 4 heteroatoms. The fourth-order valence-electron chi connectivity index (χ4n) is 2.68. The summed E-state index contributed by atoms with van der Waals surface area (Å²) in [4.78, 5) is 13.9. The molecule has 0 aromatic heterocycles. The van der Waals surface area contributed by atoms with Gasteiger partial charge in [0.25, 0.3) is 0 Å². The highest BCUT2D eigenvalue weighted by atomic mass is 19.1. The van der Waals surface area contributed by atoms with Crippen molar-refractivity contribution in [2.24, 2.45) is 11.8 Å². The van der Waals surface area contributed by atoms with Crippen LogP contribution in [0, 0.1) is 17.7 Å². The molecule has 1 N–H and O–H groups in total. The van der Waals surface area contributed by atoms with Gasteiger partial charge in [0.1, 0.15) is 5.82 Å². The summed E-state index contributed by atoms with van der Waals surface area (Å²) in [5, 5.41) is 9.10. The number of halogens is 1. The molecule has 0 saturated heterocycles. The number of carbonyl (C=O) groups excluding carboxylic acids is 1. The third-order valence-electron chi connectivity index (χ3n) is 3.98. The van der Waals surface area contributed by atoms with Crippen LogP contribution >= 0.6 is 0 Å². The first-order chi connectivity index (χ1) is 9.11. The number of nitrogens with zero attached hydrogens (tertiary/aromatic N) is 1. The second kappa shape index (κ2) is 6.15. The lowest BCUT2D eigenvalue weighted by atomic mass is 9.82. The average molecular weight is 265 g/mol. The van der Waals surface area contributed by atoms with Crippen LogP contribution in [0.1, 0.15) is 25.7 Å². The number of hydrogen-bond donors (Lipinski definition) is 1. The number of aliphatic hydroxyl groups excluding tert-OH is 1. The van der Waals surface area contributed by atoms with Gasteiger partial charge in [-0.25, -0.2) is 4.39 Å². The van der Waals surface area contributed by atoms with Gasteiger partial charge < -0.3 is 10.0 Å². The Morgan fingerprint density at radius 3 is 2.63 bits per heavy atom. The maximum atomic E-state index is 13.2. The van der Waals surface area contributed by atoms with Crippen LogP contribution < -0.4 is 4.90 Å². The Kier molecular flexibility index (Phi) is 4.53. The van der Waals surface area contributed by atoms with E-state index in [0.29, 0.717) is 11.6 Å². The Morgan fingerprint density at radius 2 is 2.05 bits per heavy atom. The van der Waals surface area contributed by atoms with E-state index < -0.39 is 0 Å². The van der Waals surface area contributed by atoms with E-state index in [4.69, 9.17) is 5.11 Å². The normalized spacial score (nSPS) is 23.1. The first kappa shape index (κ1) is 14.0. The molecule has 0 bridgehead atoms. The second-order valence-corrected chi connectivity index (χ2v) is 5.28. The van der Waals surface area contributed by atoms with E-state index in [2.05, 4.69) is 0 Å². The van der Waals surface area contributed by atoms with Crippen molar-refractivity contribution in [3.8, 4) is 0 Å². The summed E-state index contributed by atoms with van der Waals surface area (Å²) >= 11 is 0. The molecule has 19 heavy (non-hydrogen) atoms. The van der Waals surface area contributed by atoms with Crippen LogP contribution in [0.5, 0.6) is 0 Å². The first-order valence-corrected chi connectivity index (χ1v) is 6.76. The van der Waals surface area contributed by atoms with E-state index in [0.717, 1.165) is 25.7 Å². The van der Waals surface area contributed by atoms with E-state index in [1.807, 2.05) is 0 Å². The lowest BCUT2D eigenvalue weighted by molar-refractivity contribution is -0.123. The quantitative estimate of drug-likeness (QED) is 0.912. The lowest BCUT2D eigenvalue weighted by Gasteiger charge is -2.29. The van der Waals surface area contributed by atoms with Crippen molar-refractivity contribution < 1.29 is 14.3 Å². The van der Waals surface area contributed by atoms with Gasteiger partial charge in [-0.05, 0) is 49.8 Å². The standard InChI is InChI=1S/C15H20FNO2/c1-17(14-4-2-3-13(16)9-14)15(19)12-7-5-11(10-18)6-8-12/h2-4,9,11-12,18H,5-8,10H2,1H3. The molecule has 1 amide bonds. The molecule has 1 aromatic rings.